The summed E-state index contributed by atoms with van der Waals surface area (Å²) in [5, 5.41) is 14.5. The molecule has 0 aromatic rings. The molecule has 0 heterocycles. The van der Waals surface area contributed by atoms with Gasteiger partial charge < -0.3 is 20.5 Å². The van der Waals surface area contributed by atoms with Crippen LogP contribution in [-0.4, -0.2) is 41.9 Å². The van der Waals surface area contributed by atoms with Crippen molar-refractivity contribution in [1.82, 2.24) is 10.6 Å². The van der Waals surface area contributed by atoms with Gasteiger partial charge in [-0.3, -0.25) is 4.79 Å². The minimum Gasteiger partial charge on any atom is -0.444 e. The van der Waals surface area contributed by atoms with Gasteiger partial charge >= 0.3 is 6.09 Å². The van der Waals surface area contributed by atoms with Gasteiger partial charge in [-0.05, 0) is 27.2 Å². The molecule has 28 heavy (non-hydrogen) atoms. The molecular formula is C22H44N2O4. The van der Waals surface area contributed by atoms with Gasteiger partial charge in [-0.15, -0.1) is 0 Å². The molecule has 0 aliphatic rings. The van der Waals surface area contributed by atoms with Crippen LogP contribution in [0.1, 0.15) is 105 Å². The maximum Gasteiger partial charge on any atom is 0.408 e. The molecule has 0 unspecified atom stereocenters. The van der Waals surface area contributed by atoms with E-state index in [1.54, 1.807) is 20.8 Å². The summed E-state index contributed by atoms with van der Waals surface area (Å²) in [6, 6.07) is -0.979. The van der Waals surface area contributed by atoms with E-state index in [0.29, 0.717) is 6.54 Å². The van der Waals surface area contributed by atoms with E-state index in [9.17, 15) is 14.7 Å². The van der Waals surface area contributed by atoms with Crippen molar-refractivity contribution in [2.45, 2.75) is 116 Å². The second-order valence-corrected chi connectivity index (χ2v) is 8.56. The van der Waals surface area contributed by atoms with E-state index in [-0.39, 0.29) is 5.91 Å². The van der Waals surface area contributed by atoms with Crippen LogP contribution in [0.5, 0.6) is 0 Å². The first-order valence-electron chi connectivity index (χ1n) is 11.2. The van der Waals surface area contributed by atoms with E-state index < -0.39 is 24.3 Å². The topological polar surface area (TPSA) is 87.7 Å². The number of aliphatic hydroxyl groups excluding tert-OH is 1. The number of aliphatic hydroxyl groups is 1. The molecule has 1 atom stereocenters. The van der Waals surface area contributed by atoms with Crippen LogP contribution in [0.3, 0.4) is 0 Å². The largest absolute Gasteiger partial charge is 0.444 e. The third kappa shape index (κ3) is 16.8. The Labute approximate surface area is 172 Å². The number of unbranched alkanes of at least 4 members (excludes halogenated alkanes) is 11. The first kappa shape index (κ1) is 26.7. The van der Waals surface area contributed by atoms with Gasteiger partial charge in [0.25, 0.3) is 0 Å². The van der Waals surface area contributed by atoms with Crippen LogP contribution in [0.15, 0.2) is 0 Å². The summed E-state index contributed by atoms with van der Waals surface area (Å²) in [4.78, 5) is 23.7. The monoisotopic (exact) mass is 400 g/mol. The third-order valence-electron chi connectivity index (χ3n) is 4.52. The smallest absolute Gasteiger partial charge is 0.408 e. The van der Waals surface area contributed by atoms with Crippen molar-refractivity contribution in [2.24, 2.45) is 0 Å². The summed E-state index contributed by atoms with van der Waals surface area (Å²) in [6.45, 7) is 7.58. The standard InChI is InChI=1S/C22H44N2O4/c1-5-6-7-8-9-10-11-12-13-14-15-16-17-23-20(26)19(18-25)24-21(27)28-22(2,3)4/h19,25H,5-18H2,1-4H3,(H,23,26)(H,24,27)/t19-/m0/s1. The highest BCUT2D eigenvalue weighted by molar-refractivity contribution is 5.85. The van der Waals surface area contributed by atoms with Crippen LogP contribution in [0.2, 0.25) is 0 Å². The van der Waals surface area contributed by atoms with Gasteiger partial charge in [0.1, 0.15) is 11.6 Å². The number of rotatable bonds is 16. The molecule has 0 saturated heterocycles. The van der Waals surface area contributed by atoms with E-state index >= 15 is 0 Å². The highest BCUT2D eigenvalue weighted by atomic mass is 16.6. The third-order valence-corrected chi connectivity index (χ3v) is 4.52. The normalized spacial score (nSPS) is 12.5. The van der Waals surface area contributed by atoms with E-state index in [1.807, 2.05) is 0 Å². The van der Waals surface area contributed by atoms with Crippen molar-refractivity contribution >= 4 is 12.0 Å². The zero-order valence-corrected chi connectivity index (χ0v) is 18.6. The average molecular weight is 401 g/mol. The number of carbonyl (C=O) groups excluding carboxylic acids is 2. The SMILES string of the molecule is CCCCCCCCCCCCCCNC(=O)[C@H](CO)NC(=O)OC(C)(C)C. The number of alkyl carbamates (subject to hydrolysis) is 1. The number of ether oxygens (including phenoxy) is 1. The Balaban J connectivity index is 3.63. The Hall–Kier alpha value is -1.30. The predicted octanol–water partition coefficient (Wildman–Crippen LogP) is 4.69. The second kappa shape index (κ2) is 16.6. The Morgan fingerprint density at radius 2 is 1.32 bits per heavy atom. The van der Waals surface area contributed by atoms with Crippen molar-refractivity contribution in [3.05, 3.63) is 0 Å². The Kier molecular flexibility index (Phi) is 15.9. The van der Waals surface area contributed by atoms with Gasteiger partial charge in [0.05, 0.1) is 6.61 Å². The number of hydrogen-bond acceptors (Lipinski definition) is 4. The maximum absolute atomic E-state index is 12.0. The van der Waals surface area contributed by atoms with E-state index in [2.05, 4.69) is 17.6 Å². The van der Waals surface area contributed by atoms with Crippen molar-refractivity contribution < 1.29 is 19.4 Å². The predicted molar refractivity (Wildman–Crippen MR) is 114 cm³/mol. The van der Waals surface area contributed by atoms with Crippen LogP contribution in [-0.2, 0) is 9.53 Å². The molecule has 0 aromatic carbocycles. The number of hydrogen-bond donors (Lipinski definition) is 3. The number of amides is 2. The van der Waals surface area contributed by atoms with Gasteiger partial charge in [-0.2, -0.15) is 0 Å². The second-order valence-electron chi connectivity index (χ2n) is 8.56. The van der Waals surface area contributed by atoms with E-state index in [4.69, 9.17) is 4.74 Å². The van der Waals surface area contributed by atoms with Gasteiger partial charge in [0, 0.05) is 6.54 Å². The summed E-state index contributed by atoms with van der Waals surface area (Å²) >= 11 is 0. The first-order chi connectivity index (χ1) is 13.3. The molecule has 0 aliphatic heterocycles. The Morgan fingerprint density at radius 3 is 1.75 bits per heavy atom. The summed E-state index contributed by atoms with van der Waals surface area (Å²) in [6.07, 6.45) is 14.5. The van der Waals surface area contributed by atoms with E-state index in [0.717, 1.165) is 12.8 Å². The van der Waals surface area contributed by atoms with Crippen LogP contribution in [0, 0.1) is 0 Å². The molecular weight excluding hydrogens is 356 g/mol. The lowest BCUT2D eigenvalue weighted by Crippen LogP contribution is -2.50. The molecule has 166 valence electrons. The summed E-state index contributed by atoms with van der Waals surface area (Å²) in [5.41, 5.74) is -0.643. The first-order valence-corrected chi connectivity index (χ1v) is 11.2. The fraction of sp³-hybridized carbons (Fsp3) is 0.909. The fourth-order valence-corrected chi connectivity index (χ4v) is 2.94. The molecule has 6 nitrogen and oxygen atoms in total. The summed E-state index contributed by atoms with van der Waals surface area (Å²) in [5.74, 6) is -0.378. The molecule has 0 spiro atoms. The minimum absolute atomic E-state index is 0.378. The number of nitrogens with one attached hydrogen (secondary N) is 2. The van der Waals surface area contributed by atoms with Gasteiger partial charge in [0.2, 0.25) is 5.91 Å². The fourth-order valence-electron chi connectivity index (χ4n) is 2.94. The molecule has 0 fully saturated rings. The summed E-state index contributed by atoms with van der Waals surface area (Å²) < 4.78 is 5.10. The molecule has 0 bridgehead atoms. The molecule has 0 radical (unpaired) electrons. The van der Waals surface area contributed by atoms with Crippen molar-refractivity contribution in [1.29, 1.82) is 0 Å². The van der Waals surface area contributed by atoms with Crippen LogP contribution in [0.25, 0.3) is 0 Å². The molecule has 2 amide bonds. The van der Waals surface area contributed by atoms with Crippen LogP contribution >= 0.6 is 0 Å². The van der Waals surface area contributed by atoms with Crippen molar-refractivity contribution in [3.63, 3.8) is 0 Å². The van der Waals surface area contributed by atoms with Crippen LogP contribution in [0.4, 0.5) is 4.79 Å². The zero-order valence-electron chi connectivity index (χ0n) is 18.6. The lowest BCUT2D eigenvalue weighted by molar-refractivity contribution is -0.124. The highest BCUT2D eigenvalue weighted by Crippen LogP contribution is 2.11. The van der Waals surface area contributed by atoms with Crippen molar-refractivity contribution in [2.75, 3.05) is 13.2 Å². The Bertz CT molecular complexity index is 408. The number of carbonyl (C=O) groups is 2. The zero-order chi connectivity index (χ0) is 21.3. The highest BCUT2D eigenvalue weighted by Gasteiger charge is 2.23. The van der Waals surface area contributed by atoms with E-state index in [1.165, 1.54) is 64.2 Å². The van der Waals surface area contributed by atoms with Crippen LogP contribution < -0.4 is 10.6 Å². The molecule has 0 saturated carbocycles. The minimum atomic E-state index is -0.979. The molecule has 0 rings (SSSR count). The average Bonchev–Trinajstić information content (AvgIpc) is 2.61. The van der Waals surface area contributed by atoms with Gasteiger partial charge in [-0.1, -0.05) is 77.6 Å². The lowest BCUT2D eigenvalue weighted by atomic mass is 10.1. The quantitative estimate of drug-likeness (QED) is 0.328. The van der Waals surface area contributed by atoms with Crippen molar-refractivity contribution in [3.8, 4) is 0 Å². The van der Waals surface area contributed by atoms with Gasteiger partial charge in [-0.25, -0.2) is 4.79 Å². The lowest BCUT2D eigenvalue weighted by Gasteiger charge is -2.22. The molecule has 3 N–H and O–H groups in total. The summed E-state index contributed by atoms with van der Waals surface area (Å²) in [7, 11) is 0. The molecule has 6 heteroatoms. The maximum atomic E-state index is 12.0. The van der Waals surface area contributed by atoms with Gasteiger partial charge in [0.15, 0.2) is 0 Å². The molecule has 0 aliphatic carbocycles. The Morgan fingerprint density at radius 1 is 0.857 bits per heavy atom. The molecule has 0 aromatic heterocycles.